The highest BCUT2D eigenvalue weighted by molar-refractivity contribution is 7.52. The van der Waals surface area contributed by atoms with Gasteiger partial charge in [0, 0.05) is 20.0 Å². The van der Waals surface area contributed by atoms with Crippen molar-refractivity contribution in [3.05, 3.63) is 60.4 Å². The number of rotatable bonds is 13. The number of aromatic nitrogens is 2. The number of nitrogen functional groups attached to an aromatic ring is 1. The van der Waals surface area contributed by atoms with Crippen LogP contribution in [-0.2, 0) is 42.4 Å². The van der Waals surface area contributed by atoms with Crippen LogP contribution in [0.25, 0.3) is 5.52 Å². The summed E-state index contributed by atoms with van der Waals surface area (Å²) in [5.41, 5.74) is 5.12. The second kappa shape index (κ2) is 14.1. The highest BCUT2D eigenvalue weighted by Crippen LogP contribution is 2.50. The van der Waals surface area contributed by atoms with E-state index in [1.165, 1.54) is 29.8 Å². The van der Waals surface area contributed by atoms with Crippen molar-refractivity contribution >= 4 is 36.9 Å². The zero-order valence-electron chi connectivity index (χ0n) is 26.1. The maximum absolute atomic E-state index is 14.3. The molecule has 1 aromatic carbocycles. The first-order chi connectivity index (χ1) is 22.4. The largest absolute Gasteiger partial charge is 0.464 e. The Balaban J connectivity index is 1.47. The van der Waals surface area contributed by atoms with Crippen LogP contribution in [0.15, 0.2) is 54.7 Å². The Labute approximate surface area is 270 Å². The number of nitrogens with one attached hydrogen (secondary N) is 1. The van der Waals surface area contributed by atoms with Crippen LogP contribution < -0.4 is 15.3 Å². The molecule has 0 radical (unpaired) electrons. The van der Waals surface area contributed by atoms with Gasteiger partial charge in [0.05, 0.1) is 23.5 Å². The van der Waals surface area contributed by atoms with Gasteiger partial charge in [0.2, 0.25) is 5.60 Å². The van der Waals surface area contributed by atoms with E-state index in [1.807, 2.05) is 6.07 Å². The molecule has 0 spiro atoms. The Morgan fingerprint density at radius 1 is 1.15 bits per heavy atom. The van der Waals surface area contributed by atoms with Crippen LogP contribution >= 0.6 is 7.75 Å². The summed E-state index contributed by atoms with van der Waals surface area (Å²) in [7, 11) is -4.50. The zero-order valence-corrected chi connectivity index (χ0v) is 27.0. The van der Waals surface area contributed by atoms with E-state index in [9.17, 15) is 24.2 Å². The van der Waals surface area contributed by atoms with Gasteiger partial charge in [0.15, 0.2) is 12.2 Å². The van der Waals surface area contributed by atoms with E-state index in [-0.39, 0.29) is 18.3 Å². The molecule has 0 unspecified atom stereocenters. The van der Waals surface area contributed by atoms with Crippen molar-refractivity contribution in [1.82, 2.24) is 14.7 Å². The molecule has 1 aliphatic carbocycles. The molecule has 1 aliphatic heterocycles. The van der Waals surface area contributed by atoms with Crippen molar-refractivity contribution in [2.24, 2.45) is 5.92 Å². The number of ether oxygens (including phenoxy) is 4. The molecule has 3 aromatic rings. The molecule has 47 heavy (non-hydrogen) atoms. The zero-order chi connectivity index (χ0) is 33.8. The van der Waals surface area contributed by atoms with E-state index in [0.29, 0.717) is 16.9 Å². The van der Waals surface area contributed by atoms with Crippen LogP contribution in [0.1, 0.15) is 51.8 Å². The molecule has 2 aromatic heterocycles. The topological polar surface area (TPSA) is 203 Å². The van der Waals surface area contributed by atoms with Crippen molar-refractivity contribution in [3.63, 3.8) is 0 Å². The minimum absolute atomic E-state index is 0.132. The van der Waals surface area contributed by atoms with Gasteiger partial charge < -0.3 is 29.2 Å². The Morgan fingerprint density at radius 3 is 2.51 bits per heavy atom. The molecule has 3 heterocycles. The second-order valence-corrected chi connectivity index (χ2v) is 13.1. The molecule has 2 aliphatic rings. The molecule has 2 fully saturated rings. The van der Waals surface area contributed by atoms with Gasteiger partial charge in [-0.1, -0.05) is 24.6 Å². The molecule has 1 saturated heterocycles. The van der Waals surface area contributed by atoms with Crippen LogP contribution in [-0.4, -0.2) is 64.6 Å². The summed E-state index contributed by atoms with van der Waals surface area (Å²) in [5.74, 6) is -1.83. The van der Waals surface area contributed by atoms with Crippen LogP contribution in [0.2, 0.25) is 0 Å². The SMILES string of the molecule is CC(=O)O[C@H]1[C@H](c2ccc3c(N)ccnn23)O[C@](C#N)(CO[P@@](=O)(N[C@@H](C)C(=O)OCC2CCC2)Oc2ccccc2)[C@H]1OC(C)=O. The predicted octanol–water partition coefficient (Wildman–Crippen LogP) is 3.64. The van der Waals surface area contributed by atoms with Crippen LogP contribution in [0.4, 0.5) is 5.69 Å². The Bertz CT molecular complexity index is 1710. The van der Waals surface area contributed by atoms with Gasteiger partial charge in [-0.3, -0.25) is 18.9 Å². The second-order valence-electron chi connectivity index (χ2n) is 11.4. The van der Waals surface area contributed by atoms with Crippen LogP contribution in [0.5, 0.6) is 5.75 Å². The van der Waals surface area contributed by atoms with Crippen molar-refractivity contribution < 1.29 is 46.9 Å². The Kier molecular flexibility index (Phi) is 10.2. The molecule has 0 amide bonds. The highest BCUT2D eigenvalue weighted by Gasteiger charge is 2.62. The fourth-order valence-corrected chi connectivity index (χ4v) is 6.87. The Morgan fingerprint density at radius 2 is 1.87 bits per heavy atom. The van der Waals surface area contributed by atoms with Gasteiger partial charge in [-0.05, 0) is 56.0 Å². The summed E-state index contributed by atoms with van der Waals surface area (Å²) in [4.78, 5) is 37.4. The van der Waals surface area contributed by atoms with Gasteiger partial charge in [-0.2, -0.15) is 15.4 Å². The third-order valence-electron chi connectivity index (χ3n) is 7.90. The molecule has 1 saturated carbocycles. The van der Waals surface area contributed by atoms with Gasteiger partial charge in [0.1, 0.15) is 30.6 Å². The minimum atomic E-state index is -4.50. The molecule has 250 valence electrons. The fraction of sp³-hybridized carbons (Fsp3) is 0.452. The quantitative estimate of drug-likeness (QED) is 0.152. The first kappa shape index (κ1) is 33.9. The summed E-state index contributed by atoms with van der Waals surface area (Å²) < 4.78 is 50.1. The summed E-state index contributed by atoms with van der Waals surface area (Å²) in [6.45, 7) is 3.10. The van der Waals surface area contributed by atoms with Gasteiger partial charge in [0.25, 0.3) is 0 Å². The number of nitrogens with zero attached hydrogens (tertiary/aromatic N) is 3. The van der Waals surface area contributed by atoms with Crippen LogP contribution in [0.3, 0.4) is 0 Å². The number of anilines is 1. The van der Waals surface area contributed by atoms with Gasteiger partial charge in [-0.25, -0.2) is 9.08 Å². The maximum atomic E-state index is 14.3. The third-order valence-corrected chi connectivity index (χ3v) is 9.52. The molecule has 5 rings (SSSR count). The molecule has 3 N–H and O–H groups in total. The van der Waals surface area contributed by atoms with E-state index < -0.39 is 62.2 Å². The smallest absolute Gasteiger partial charge is 0.459 e. The van der Waals surface area contributed by atoms with E-state index in [4.69, 9.17) is 33.7 Å². The van der Waals surface area contributed by atoms with Crippen molar-refractivity contribution in [2.75, 3.05) is 18.9 Å². The molecule has 0 bridgehead atoms. The molecular weight excluding hydrogens is 633 g/mol. The lowest BCUT2D eigenvalue weighted by atomic mass is 9.86. The van der Waals surface area contributed by atoms with Crippen molar-refractivity contribution in [2.45, 2.75) is 70.0 Å². The maximum Gasteiger partial charge on any atom is 0.459 e. The number of carbonyl (C=O) groups is 3. The van der Waals surface area contributed by atoms with Crippen molar-refractivity contribution in [3.8, 4) is 11.8 Å². The first-order valence-electron chi connectivity index (χ1n) is 15.0. The number of para-hydroxylation sites is 1. The highest BCUT2D eigenvalue weighted by atomic mass is 31.2. The average Bonchev–Trinajstić information content (AvgIpc) is 3.56. The molecule has 6 atom stereocenters. The monoisotopic (exact) mass is 669 g/mol. The fourth-order valence-electron chi connectivity index (χ4n) is 5.35. The van der Waals surface area contributed by atoms with E-state index in [2.05, 4.69) is 10.2 Å². The summed E-state index contributed by atoms with van der Waals surface area (Å²) in [5, 5.41) is 17.5. The van der Waals surface area contributed by atoms with E-state index >= 15 is 0 Å². The molecule has 16 heteroatoms. The lowest BCUT2D eigenvalue weighted by molar-refractivity contribution is -0.166. The standard InChI is InChI=1S/C31H36N5O10P/c1-19(30(39)41-16-22-8-7-9-22)35-47(40,46-23-10-5-4-6-11-23)42-18-31(17-32)29(44-21(3)38)28(43-20(2)37)27(45-31)26-13-12-25-24(33)14-15-34-36(25)26/h4-6,10-15,19,22,27-29H,7-9,16,18,33H2,1-3H3,(H,35,40)/t19-,27-,28-,29-,31+,47-/m0/s1. The number of fused-ring (bicyclic) bond motifs is 1. The molecule has 15 nitrogen and oxygen atoms in total. The lowest BCUT2D eigenvalue weighted by Crippen LogP contribution is -2.49. The number of nitrogens with two attached hydrogens (primary N) is 1. The average molecular weight is 670 g/mol. The number of carbonyl (C=O) groups excluding carboxylic acids is 3. The number of hydrogen-bond acceptors (Lipinski definition) is 13. The van der Waals surface area contributed by atoms with Crippen LogP contribution in [0, 0.1) is 17.2 Å². The van der Waals surface area contributed by atoms with E-state index in [0.717, 1.165) is 33.1 Å². The number of nitriles is 1. The summed E-state index contributed by atoms with van der Waals surface area (Å²) >= 11 is 0. The molecular formula is C31H36N5O10P. The lowest BCUT2D eigenvalue weighted by Gasteiger charge is -2.30. The normalized spacial score (nSPS) is 24.3. The Hall–Kier alpha value is -4.48. The number of esters is 3. The first-order valence-corrected chi connectivity index (χ1v) is 16.6. The van der Waals surface area contributed by atoms with Gasteiger partial charge >= 0.3 is 25.7 Å². The number of hydrogen-bond donors (Lipinski definition) is 2. The predicted molar refractivity (Wildman–Crippen MR) is 164 cm³/mol. The van der Waals surface area contributed by atoms with Crippen molar-refractivity contribution in [1.29, 1.82) is 5.26 Å². The number of benzene rings is 1. The third kappa shape index (κ3) is 7.58. The summed E-state index contributed by atoms with van der Waals surface area (Å²) in [6, 6.07) is 13.7. The summed E-state index contributed by atoms with van der Waals surface area (Å²) in [6.07, 6.45) is 0.283. The minimum Gasteiger partial charge on any atom is -0.464 e. The van der Waals surface area contributed by atoms with Gasteiger partial charge in [-0.15, -0.1) is 0 Å². The van der Waals surface area contributed by atoms with E-state index in [1.54, 1.807) is 36.4 Å².